The van der Waals surface area contributed by atoms with Crippen molar-refractivity contribution in [2.45, 2.75) is 6.92 Å². The Hall–Kier alpha value is -3.09. The van der Waals surface area contributed by atoms with Gasteiger partial charge in [0.1, 0.15) is 0 Å². The van der Waals surface area contributed by atoms with E-state index in [1.54, 1.807) is 17.2 Å². The molecule has 0 radical (unpaired) electrons. The number of hydrogen-bond acceptors (Lipinski definition) is 5. The third-order valence-electron chi connectivity index (χ3n) is 4.45. The Balaban J connectivity index is 1.83. The number of aliphatic imine (C=N–C) groups is 1. The maximum Gasteiger partial charge on any atom is 0.271 e. The Kier molecular flexibility index (Phi) is 5.38. The van der Waals surface area contributed by atoms with Gasteiger partial charge in [0.15, 0.2) is 5.17 Å². The van der Waals surface area contributed by atoms with E-state index < -0.39 is 0 Å². The topological polar surface area (TPSA) is 71.6 Å². The van der Waals surface area contributed by atoms with Gasteiger partial charge in [0, 0.05) is 18.1 Å². The first-order valence-corrected chi connectivity index (χ1v) is 10.1. The molecule has 0 unspecified atom stereocenters. The van der Waals surface area contributed by atoms with Gasteiger partial charge in [0.2, 0.25) is 0 Å². The van der Waals surface area contributed by atoms with E-state index in [1.165, 1.54) is 18.0 Å². The van der Waals surface area contributed by atoms with Gasteiger partial charge in [0.25, 0.3) is 5.91 Å². The average Bonchev–Trinajstić information content (AvgIpc) is 3.06. The number of allylic oxidation sites excluding steroid dienone is 1. The van der Waals surface area contributed by atoms with Crippen molar-refractivity contribution in [2.24, 2.45) is 4.99 Å². The highest BCUT2D eigenvalue weighted by Gasteiger charge is 2.36. The second-order valence-corrected chi connectivity index (χ2v) is 7.76. The van der Waals surface area contributed by atoms with Crippen LogP contribution in [0.15, 0.2) is 83.0 Å². The average molecular weight is 421 g/mol. The lowest BCUT2D eigenvalue weighted by Gasteiger charge is -2.15. The van der Waals surface area contributed by atoms with Gasteiger partial charge in [-0.25, -0.2) is 4.99 Å². The first-order valence-electron chi connectivity index (χ1n) is 8.87. The fraction of sp³-hybridized carbons (Fsp3) is 0.0455. The van der Waals surface area contributed by atoms with Gasteiger partial charge in [-0.15, -0.1) is 0 Å². The van der Waals surface area contributed by atoms with Gasteiger partial charge < -0.3 is 5.73 Å². The van der Waals surface area contributed by atoms with Crippen LogP contribution in [0.1, 0.15) is 12.5 Å². The molecule has 2 N–H and O–H groups in total. The predicted octanol–water partition coefficient (Wildman–Crippen LogP) is 5.52. The molecular weight excluding hydrogens is 404 g/mol. The summed E-state index contributed by atoms with van der Waals surface area (Å²) in [5.41, 5.74) is 9.58. The van der Waals surface area contributed by atoms with Crippen LogP contribution in [-0.2, 0) is 4.79 Å². The van der Waals surface area contributed by atoms with Crippen molar-refractivity contribution in [3.05, 3.63) is 88.5 Å². The first-order chi connectivity index (χ1) is 14.0. The monoisotopic (exact) mass is 420 g/mol. The van der Waals surface area contributed by atoms with E-state index in [1.807, 2.05) is 61.5 Å². The number of amides is 1. The first kappa shape index (κ1) is 19.2. The third kappa shape index (κ3) is 3.90. The minimum atomic E-state index is -0.126. The van der Waals surface area contributed by atoms with Crippen LogP contribution in [0.4, 0.5) is 17.1 Å². The van der Waals surface area contributed by atoms with Crippen LogP contribution < -0.4 is 10.6 Å². The Bertz CT molecular complexity index is 1130. The molecule has 0 spiro atoms. The number of nitrogens with two attached hydrogens (primary N) is 1. The second kappa shape index (κ2) is 8.11. The van der Waals surface area contributed by atoms with Gasteiger partial charge in [-0.3, -0.25) is 14.7 Å². The lowest BCUT2D eigenvalue weighted by Crippen LogP contribution is -2.28. The summed E-state index contributed by atoms with van der Waals surface area (Å²) >= 11 is 7.56. The number of nitrogens with zero attached hydrogens (tertiary/aromatic N) is 3. The van der Waals surface area contributed by atoms with E-state index in [9.17, 15) is 4.79 Å². The van der Waals surface area contributed by atoms with Crippen LogP contribution >= 0.6 is 23.4 Å². The number of para-hydroxylation sites is 1. The lowest BCUT2D eigenvalue weighted by molar-refractivity contribution is -0.113. The molecule has 2 heterocycles. The number of carbonyl (C=O) groups excluding carboxylic acids is 1. The van der Waals surface area contributed by atoms with Crippen molar-refractivity contribution >= 4 is 57.1 Å². The standard InChI is InChI=1S/C22H17ClN4OS/c1-14(15-7-9-16(24)10-8-15)20-21(28)27(17-5-3-2-4-6-17)22(29-20)26-19-11-12-25-13-18(19)23/h2-13H,24H2,1H3/b20-14-,26-22?. The molecule has 29 heavy (non-hydrogen) atoms. The molecule has 0 atom stereocenters. The highest BCUT2D eigenvalue weighted by molar-refractivity contribution is 8.19. The van der Waals surface area contributed by atoms with E-state index >= 15 is 0 Å². The Labute approximate surface area is 177 Å². The predicted molar refractivity (Wildman–Crippen MR) is 121 cm³/mol. The Morgan fingerprint density at radius 1 is 1.10 bits per heavy atom. The van der Waals surface area contributed by atoms with Crippen LogP contribution in [0.3, 0.4) is 0 Å². The molecule has 0 saturated carbocycles. The molecule has 1 aliphatic heterocycles. The zero-order chi connectivity index (χ0) is 20.4. The SMILES string of the molecule is C/C(=C1/SC(=Nc2ccncc2Cl)N(c2ccccc2)C1=O)c1ccc(N)cc1. The summed E-state index contributed by atoms with van der Waals surface area (Å²) in [5.74, 6) is -0.126. The van der Waals surface area contributed by atoms with Crippen molar-refractivity contribution in [1.82, 2.24) is 4.98 Å². The molecule has 7 heteroatoms. The molecule has 1 fully saturated rings. The number of pyridine rings is 1. The van der Waals surface area contributed by atoms with Crippen molar-refractivity contribution in [1.29, 1.82) is 0 Å². The van der Waals surface area contributed by atoms with E-state index in [4.69, 9.17) is 17.3 Å². The van der Waals surface area contributed by atoms with E-state index in [0.717, 1.165) is 16.8 Å². The molecular formula is C22H17ClN4OS. The fourth-order valence-electron chi connectivity index (χ4n) is 2.91. The molecule has 1 saturated heterocycles. The molecule has 144 valence electrons. The van der Waals surface area contributed by atoms with Crippen LogP contribution in [-0.4, -0.2) is 16.1 Å². The molecule has 4 rings (SSSR count). The van der Waals surface area contributed by atoms with Gasteiger partial charge >= 0.3 is 0 Å². The summed E-state index contributed by atoms with van der Waals surface area (Å²) in [7, 11) is 0. The molecule has 1 aromatic heterocycles. The summed E-state index contributed by atoms with van der Waals surface area (Å²) in [6.45, 7) is 1.93. The number of amidine groups is 1. The maximum atomic E-state index is 13.4. The molecule has 0 aliphatic carbocycles. The van der Waals surface area contributed by atoms with Crippen LogP contribution in [0.25, 0.3) is 5.57 Å². The van der Waals surface area contributed by atoms with Crippen LogP contribution in [0.2, 0.25) is 5.02 Å². The number of nitrogen functional groups attached to an aromatic ring is 1. The quantitative estimate of drug-likeness (QED) is 0.447. The Morgan fingerprint density at radius 3 is 2.52 bits per heavy atom. The Morgan fingerprint density at radius 2 is 1.83 bits per heavy atom. The highest BCUT2D eigenvalue weighted by atomic mass is 35.5. The summed E-state index contributed by atoms with van der Waals surface area (Å²) in [6, 6.07) is 18.6. The molecule has 2 aromatic carbocycles. The van der Waals surface area contributed by atoms with Crippen LogP contribution in [0, 0.1) is 0 Å². The molecule has 0 bridgehead atoms. The van der Waals surface area contributed by atoms with Crippen molar-refractivity contribution in [3.63, 3.8) is 0 Å². The van der Waals surface area contributed by atoms with Crippen LogP contribution in [0.5, 0.6) is 0 Å². The molecule has 5 nitrogen and oxygen atoms in total. The smallest absolute Gasteiger partial charge is 0.271 e. The molecule has 1 aliphatic rings. The number of carbonyl (C=O) groups is 1. The number of thioether (sulfide) groups is 1. The fourth-order valence-corrected chi connectivity index (χ4v) is 4.13. The number of aromatic nitrogens is 1. The number of anilines is 2. The van der Waals surface area contributed by atoms with E-state index in [0.29, 0.717) is 26.5 Å². The zero-order valence-corrected chi connectivity index (χ0v) is 17.1. The largest absolute Gasteiger partial charge is 0.399 e. The highest BCUT2D eigenvalue weighted by Crippen LogP contribution is 2.40. The number of hydrogen-bond donors (Lipinski definition) is 1. The minimum Gasteiger partial charge on any atom is -0.399 e. The number of benzene rings is 2. The van der Waals surface area contributed by atoms with Gasteiger partial charge in [-0.1, -0.05) is 41.9 Å². The number of rotatable bonds is 3. The minimum absolute atomic E-state index is 0.126. The third-order valence-corrected chi connectivity index (χ3v) is 5.88. The van der Waals surface area contributed by atoms with Crippen molar-refractivity contribution < 1.29 is 4.79 Å². The lowest BCUT2D eigenvalue weighted by atomic mass is 10.1. The second-order valence-electron chi connectivity index (χ2n) is 6.38. The zero-order valence-electron chi connectivity index (χ0n) is 15.5. The van der Waals surface area contributed by atoms with E-state index in [-0.39, 0.29) is 5.91 Å². The molecule has 1 amide bonds. The summed E-state index contributed by atoms with van der Waals surface area (Å²) < 4.78 is 0. The van der Waals surface area contributed by atoms with Gasteiger partial charge in [-0.05, 0) is 60.2 Å². The summed E-state index contributed by atoms with van der Waals surface area (Å²) in [6.07, 6.45) is 3.15. The summed E-state index contributed by atoms with van der Waals surface area (Å²) in [4.78, 5) is 24.3. The van der Waals surface area contributed by atoms with Gasteiger partial charge in [-0.2, -0.15) is 0 Å². The normalized spacial score (nSPS) is 17.1. The van der Waals surface area contributed by atoms with Crippen molar-refractivity contribution in [3.8, 4) is 0 Å². The van der Waals surface area contributed by atoms with Crippen molar-refractivity contribution in [2.75, 3.05) is 10.6 Å². The maximum absolute atomic E-state index is 13.4. The summed E-state index contributed by atoms with van der Waals surface area (Å²) in [5, 5.41) is 0.966. The van der Waals surface area contributed by atoms with Gasteiger partial charge in [0.05, 0.1) is 21.3 Å². The number of halogens is 1. The molecule has 3 aromatic rings. The van der Waals surface area contributed by atoms with E-state index in [2.05, 4.69) is 9.98 Å².